The highest BCUT2D eigenvalue weighted by Gasteiger charge is 2.23. The standard InChI is InChI=1S/C20H22N2O5/c1-21-16-11-7-6-10-15(16)19(24)27-13-18(23)22-17(20(25)26-2)12-14-8-4-3-5-9-14/h3-11,17,21H,12-13H2,1-2H3,(H,22,23). The molecule has 0 saturated heterocycles. The lowest BCUT2D eigenvalue weighted by Gasteiger charge is -2.17. The molecular formula is C20H22N2O5. The van der Waals surface area contributed by atoms with Crippen LogP contribution in [0.1, 0.15) is 15.9 Å². The molecule has 1 atom stereocenters. The average Bonchev–Trinajstić information content (AvgIpc) is 2.71. The molecule has 1 unspecified atom stereocenters. The van der Waals surface area contributed by atoms with E-state index in [1.54, 1.807) is 31.3 Å². The molecule has 7 heteroatoms. The van der Waals surface area contributed by atoms with E-state index in [0.29, 0.717) is 11.3 Å². The Labute approximate surface area is 157 Å². The van der Waals surface area contributed by atoms with Gasteiger partial charge in [0, 0.05) is 19.2 Å². The summed E-state index contributed by atoms with van der Waals surface area (Å²) in [5, 5.41) is 5.43. The molecule has 0 fully saturated rings. The molecule has 0 aliphatic rings. The second-order valence-electron chi connectivity index (χ2n) is 5.70. The van der Waals surface area contributed by atoms with Crippen molar-refractivity contribution in [2.24, 2.45) is 0 Å². The fourth-order valence-electron chi connectivity index (χ4n) is 2.51. The van der Waals surface area contributed by atoms with E-state index in [9.17, 15) is 14.4 Å². The molecule has 0 radical (unpaired) electrons. The highest BCUT2D eigenvalue weighted by Crippen LogP contribution is 2.15. The molecule has 0 saturated carbocycles. The first kappa shape index (κ1) is 20.0. The van der Waals surface area contributed by atoms with Crippen LogP contribution < -0.4 is 10.6 Å². The van der Waals surface area contributed by atoms with Gasteiger partial charge in [-0.2, -0.15) is 0 Å². The summed E-state index contributed by atoms with van der Waals surface area (Å²) in [6.07, 6.45) is 0.274. The van der Waals surface area contributed by atoms with Gasteiger partial charge in [-0.3, -0.25) is 4.79 Å². The summed E-state index contributed by atoms with van der Waals surface area (Å²) in [5.41, 5.74) is 1.79. The second kappa shape index (κ2) is 9.96. The van der Waals surface area contributed by atoms with Crippen LogP contribution in [0.5, 0.6) is 0 Å². The third kappa shape index (κ3) is 5.85. The minimum absolute atomic E-state index is 0.274. The number of nitrogens with one attached hydrogen (secondary N) is 2. The minimum atomic E-state index is -0.867. The Bertz CT molecular complexity index is 792. The number of methoxy groups -OCH3 is 1. The van der Waals surface area contributed by atoms with Crippen molar-refractivity contribution in [3.63, 3.8) is 0 Å². The van der Waals surface area contributed by atoms with Crippen LogP contribution in [0.2, 0.25) is 0 Å². The van der Waals surface area contributed by atoms with Crippen molar-refractivity contribution in [1.82, 2.24) is 5.32 Å². The number of carbonyl (C=O) groups is 3. The highest BCUT2D eigenvalue weighted by atomic mass is 16.5. The van der Waals surface area contributed by atoms with Crippen molar-refractivity contribution >= 4 is 23.5 Å². The van der Waals surface area contributed by atoms with Crippen molar-refractivity contribution in [2.75, 3.05) is 26.1 Å². The van der Waals surface area contributed by atoms with Gasteiger partial charge in [-0.1, -0.05) is 42.5 Å². The fraction of sp³-hybridized carbons (Fsp3) is 0.250. The SMILES string of the molecule is CNc1ccccc1C(=O)OCC(=O)NC(Cc1ccccc1)C(=O)OC. The smallest absolute Gasteiger partial charge is 0.340 e. The average molecular weight is 370 g/mol. The van der Waals surface area contributed by atoms with Gasteiger partial charge in [-0.05, 0) is 17.7 Å². The van der Waals surface area contributed by atoms with Gasteiger partial charge in [0.15, 0.2) is 6.61 Å². The van der Waals surface area contributed by atoms with Crippen molar-refractivity contribution in [2.45, 2.75) is 12.5 Å². The quantitative estimate of drug-likeness (QED) is 0.688. The van der Waals surface area contributed by atoms with E-state index in [0.717, 1.165) is 5.56 Å². The predicted octanol–water partition coefficient (Wildman–Crippen LogP) is 1.79. The van der Waals surface area contributed by atoms with E-state index in [1.807, 2.05) is 30.3 Å². The molecule has 2 rings (SSSR count). The van der Waals surface area contributed by atoms with Gasteiger partial charge in [0.25, 0.3) is 5.91 Å². The number of carbonyl (C=O) groups excluding carboxylic acids is 3. The summed E-state index contributed by atoms with van der Waals surface area (Å²) in [7, 11) is 2.94. The Hall–Kier alpha value is -3.35. The van der Waals surface area contributed by atoms with Gasteiger partial charge in [0.05, 0.1) is 12.7 Å². The lowest BCUT2D eigenvalue weighted by molar-refractivity contribution is -0.145. The number of ether oxygens (including phenoxy) is 2. The number of hydrogen-bond acceptors (Lipinski definition) is 6. The highest BCUT2D eigenvalue weighted by molar-refractivity contribution is 5.97. The van der Waals surface area contributed by atoms with E-state index >= 15 is 0 Å². The topological polar surface area (TPSA) is 93.7 Å². The first-order chi connectivity index (χ1) is 13.0. The van der Waals surface area contributed by atoms with Crippen LogP contribution in [0.15, 0.2) is 54.6 Å². The molecule has 27 heavy (non-hydrogen) atoms. The van der Waals surface area contributed by atoms with Gasteiger partial charge >= 0.3 is 11.9 Å². The second-order valence-corrected chi connectivity index (χ2v) is 5.70. The molecule has 0 bridgehead atoms. The summed E-state index contributed by atoms with van der Waals surface area (Å²) in [4.78, 5) is 36.2. The number of esters is 2. The molecule has 0 aliphatic carbocycles. The zero-order chi connectivity index (χ0) is 19.6. The van der Waals surface area contributed by atoms with E-state index in [1.165, 1.54) is 7.11 Å². The molecule has 1 amide bonds. The van der Waals surface area contributed by atoms with Crippen LogP contribution in [-0.2, 0) is 25.5 Å². The van der Waals surface area contributed by atoms with E-state index in [2.05, 4.69) is 10.6 Å². The van der Waals surface area contributed by atoms with E-state index < -0.39 is 30.5 Å². The Balaban J connectivity index is 1.95. The normalized spacial score (nSPS) is 11.2. The molecule has 7 nitrogen and oxygen atoms in total. The van der Waals surface area contributed by atoms with Gasteiger partial charge in [-0.25, -0.2) is 9.59 Å². The number of para-hydroxylation sites is 1. The Morgan fingerprint density at radius 2 is 1.67 bits per heavy atom. The summed E-state index contributed by atoms with van der Waals surface area (Å²) in [6.45, 7) is -0.501. The zero-order valence-corrected chi connectivity index (χ0v) is 15.2. The largest absolute Gasteiger partial charge is 0.467 e. The van der Waals surface area contributed by atoms with Gasteiger partial charge in [0.2, 0.25) is 0 Å². The van der Waals surface area contributed by atoms with E-state index in [-0.39, 0.29) is 6.42 Å². The number of hydrogen-bond donors (Lipinski definition) is 2. The molecule has 0 heterocycles. The van der Waals surface area contributed by atoms with Gasteiger partial charge in [-0.15, -0.1) is 0 Å². The van der Waals surface area contributed by atoms with E-state index in [4.69, 9.17) is 9.47 Å². The lowest BCUT2D eigenvalue weighted by Crippen LogP contribution is -2.44. The Morgan fingerprint density at radius 3 is 2.33 bits per heavy atom. The zero-order valence-electron chi connectivity index (χ0n) is 15.2. The fourth-order valence-corrected chi connectivity index (χ4v) is 2.51. The van der Waals surface area contributed by atoms with Crippen LogP contribution in [0.3, 0.4) is 0 Å². The van der Waals surface area contributed by atoms with Gasteiger partial charge < -0.3 is 20.1 Å². The Kier molecular flexibility index (Phi) is 7.37. The number of benzene rings is 2. The van der Waals surface area contributed by atoms with Crippen LogP contribution in [0.4, 0.5) is 5.69 Å². The number of rotatable bonds is 8. The third-order valence-corrected chi connectivity index (χ3v) is 3.85. The maximum Gasteiger partial charge on any atom is 0.340 e. The molecule has 142 valence electrons. The predicted molar refractivity (Wildman–Crippen MR) is 100 cm³/mol. The van der Waals surface area contributed by atoms with Crippen LogP contribution in [0.25, 0.3) is 0 Å². The third-order valence-electron chi connectivity index (χ3n) is 3.85. The summed E-state index contributed by atoms with van der Waals surface area (Å²) in [6, 6.07) is 15.2. The molecule has 2 aromatic rings. The van der Waals surface area contributed by atoms with Crippen molar-refractivity contribution in [1.29, 1.82) is 0 Å². The molecule has 0 aliphatic heterocycles. The number of anilines is 1. The first-order valence-corrected chi connectivity index (χ1v) is 8.40. The molecule has 2 N–H and O–H groups in total. The summed E-state index contributed by atoms with van der Waals surface area (Å²) in [5.74, 6) is -1.79. The van der Waals surface area contributed by atoms with Crippen molar-refractivity contribution in [3.8, 4) is 0 Å². The maximum atomic E-state index is 12.2. The molecule has 0 aromatic heterocycles. The summed E-state index contributed by atoms with van der Waals surface area (Å²) >= 11 is 0. The minimum Gasteiger partial charge on any atom is -0.467 e. The van der Waals surface area contributed by atoms with Crippen LogP contribution >= 0.6 is 0 Å². The van der Waals surface area contributed by atoms with Crippen LogP contribution in [-0.4, -0.2) is 44.7 Å². The van der Waals surface area contributed by atoms with Gasteiger partial charge in [0.1, 0.15) is 6.04 Å². The molecule has 2 aromatic carbocycles. The maximum absolute atomic E-state index is 12.2. The summed E-state index contributed by atoms with van der Waals surface area (Å²) < 4.78 is 9.79. The van der Waals surface area contributed by atoms with Crippen molar-refractivity contribution < 1.29 is 23.9 Å². The monoisotopic (exact) mass is 370 g/mol. The lowest BCUT2D eigenvalue weighted by atomic mass is 10.1. The Morgan fingerprint density at radius 1 is 1.00 bits per heavy atom. The van der Waals surface area contributed by atoms with Crippen LogP contribution in [0, 0.1) is 0 Å². The van der Waals surface area contributed by atoms with Crippen molar-refractivity contribution in [3.05, 3.63) is 65.7 Å². The molecular weight excluding hydrogens is 348 g/mol. The number of amides is 1. The molecule has 0 spiro atoms. The first-order valence-electron chi connectivity index (χ1n) is 8.40.